The maximum Gasteiger partial charge on any atom is 0.164 e. The molecule has 0 aliphatic carbocycles. The number of aliphatic hydroxyl groups is 2. The fourth-order valence-electron chi connectivity index (χ4n) is 3.34. The Kier molecular flexibility index (Phi) is 9.33. The molecule has 4 unspecified atom stereocenters. The van der Waals surface area contributed by atoms with Crippen LogP contribution in [0.5, 0.6) is 0 Å². The molecule has 158 valence electrons. The van der Waals surface area contributed by atoms with Gasteiger partial charge in [-0.2, -0.15) is 0 Å². The molecule has 0 bridgehead atoms. The van der Waals surface area contributed by atoms with E-state index in [9.17, 15) is 20.1 Å². The van der Waals surface area contributed by atoms with E-state index in [1.165, 1.54) is 0 Å². The van der Waals surface area contributed by atoms with E-state index in [4.69, 9.17) is 18.9 Å². The number of hydrogen-bond donors (Lipinski definition) is 2. The van der Waals surface area contributed by atoms with Crippen LogP contribution in [-0.4, -0.2) is 65.4 Å². The Labute approximate surface area is 174 Å². The van der Waals surface area contributed by atoms with Crippen molar-refractivity contribution in [2.75, 3.05) is 0 Å². The zero-order valence-electron chi connectivity index (χ0n) is 16.3. The van der Waals surface area contributed by atoms with Gasteiger partial charge in [-0.15, -0.1) is 0 Å². The third-order valence-corrected chi connectivity index (χ3v) is 5.30. The fraction of sp³-hybridized carbons (Fsp3) is 0.889. The number of aliphatic hydroxyl groups excluding tert-OH is 2. The van der Waals surface area contributed by atoms with E-state index in [0.717, 1.165) is 0 Å². The van der Waals surface area contributed by atoms with Crippen molar-refractivity contribution >= 4 is 5.97 Å². The van der Waals surface area contributed by atoms with Crippen molar-refractivity contribution in [3.05, 3.63) is 6.92 Å². The van der Waals surface area contributed by atoms with Gasteiger partial charge in [-0.05, 0) is 25.9 Å². The Morgan fingerprint density at radius 2 is 1.63 bits per heavy atom. The van der Waals surface area contributed by atoms with Crippen LogP contribution < -0.4 is 5.11 Å². The minimum atomic E-state index is -1.51. The Morgan fingerprint density at radius 1 is 1.04 bits per heavy atom. The van der Waals surface area contributed by atoms with Crippen LogP contribution in [0.1, 0.15) is 34.6 Å². The van der Waals surface area contributed by atoms with Crippen LogP contribution in [0.4, 0.5) is 0 Å². The van der Waals surface area contributed by atoms with Gasteiger partial charge in [0, 0.05) is 32.9 Å². The molecule has 2 saturated heterocycles. The smallest absolute Gasteiger partial charge is 0.164 e. The fourth-order valence-corrected chi connectivity index (χ4v) is 3.34. The molecule has 0 aromatic rings. The molecule has 10 atom stereocenters. The number of hydrogen-bond acceptors (Lipinski definition) is 8. The average molecular weight is 558 g/mol. The number of carboxylic acids is 1. The predicted molar refractivity (Wildman–Crippen MR) is 88.3 cm³/mol. The van der Waals surface area contributed by atoms with Gasteiger partial charge >= 0.3 is 0 Å². The molecule has 0 aromatic heterocycles. The van der Waals surface area contributed by atoms with E-state index in [0.29, 0.717) is 0 Å². The monoisotopic (exact) mass is 558 g/mol. The second-order valence-electron chi connectivity index (χ2n) is 7.63. The van der Waals surface area contributed by atoms with Crippen molar-refractivity contribution in [3.8, 4) is 0 Å². The number of ether oxygens (including phenoxy) is 4. The second-order valence-corrected chi connectivity index (χ2v) is 7.63. The molecule has 9 heteroatoms. The molecule has 0 saturated carbocycles. The minimum absolute atomic E-state index is 0. The third-order valence-electron chi connectivity index (χ3n) is 5.30. The van der Waals surface area contributed by atoms with Crippen molar-refractivity contribution < 1.29 is 60.1 Å². The van der Waals surface area contributed by atoms with Crippen LogP contribution in [0.25, 0.3) is 0 Å². The van der Waals surface area contributed by atoms with Gasteiger partial charge in [0.05, 0.1) is 24.3 Å². The Balaban J connectivity index is 0.00000364. The number of carbonyl (C=O) groups is 1. The molecule has 2 aliphatic heterocycles. The van der Waals surface area contributed by atoms with E-state index < -0.39 is 55.0 Å². The third kappa shape index (κ3) is 5.50. The number of carboxylic acid groups (broad SMARTS) is 1. The first-order chi connectivity index (χ1) is 12.0. The van der Waals surface area contributed by atoms with E-state index in [1.807, 2.05) is 13.8 Å². The summed E-state index contributed by atoms with van der Waals surface area (Å²) in [4.78, 5) is 11.6. The molecule has 2 heterocycles. The SMILES string of the molecule is [CH2-]C1O[C@H](O[C@@H]2C(C(=O)[O-])O[C@@H](OC(C)C)C(C)[C@H]2O)C(C)[C@@H](C)[C@@H]1O.[W]. The summed E-state index contributed by atoms with van der Waals surface area (Å²) in [5.41, 5.74) is 0. The molecular formula is C18H30O8W-2. The standard InChI is InChI=1S/C18H31O8.W/c1-7(2)23-18-10(5)13(20)14(15(26-18)16(21)22)25-17-9(4)8(3)12(19)11(6)24-17;/h7-15,17-20H,6H2,1-5H3,(H,21,22);/q-1;/p-1/t8-,9?,10?,11?,12+,13-,14+,15?,17-,18-;/m1./s1. The van der Waals surface area contributed by atoms with Gasteiger partial charge in [-0.3, -0.25) is 0 Å². The largest absolute Gasteiger partial charge is 0.547 e. The van der Waals surface area contributed by atoms with Crippen molar-refractivity contribution in [2.45, 2.75) is 83.8 Å². The van der Waals surface area contributed by atoms with Crippen molar-refractivity contribution in [1.82, 2.24) is 0 Å². The van der Waals surface area contributed by atoms with Gasteiger partial charge in [0.15, 0.2) is 12.6 Å². The van der Waals surface area contributed by atoms with Crippen LogP contribution in [0, 0.1) is 24.7 Å². The Bertz CT molecular complexity index is 490. The van der Waals surface area contributed by atoms with E-state index in [-0.39, 0.29) is 39.0 Å². The first-order valence-corrected chi connectivity index (χ1v) is 9.06. The summed E-state index contributed by atoms with van der Waals surface area (Å²) < 4.78 is 22.5. The first-order valence-electron chi connectivity index (χ1n) is 9.06. The Morgan fingerprint density at radius 3 is 2.15 bits per heavy atom. The predicted octanol–water partition coefficient (Wildman–Crippen LogP) is -0.542. The van der Waals surface area contributed by atoms with Crippen LogP contribution >= 0.6 is 0 Å². The molecule has 2 rings (SSSR count). The van der Waals surface area contributed by atoms with Crippen LogP contribution in [0.2, 0.25) is 0 Å². The van der Waals surface area contributed by atoms with E-state index >= 15 is 0 Å². The minimum Gasteiger partial charge on any atom is -0.547 e. The average Bonchev–Trinajstić information content (AvgIpc) is 2.56. The van der Waals surface area contributed by atoms with Gasteiger partial charge < -0.3 is 46.0 Å². The van der Waals surface area contributed by atoms with Gasteiger partial charge in [-0.1, -0.05) is 20.8 Å². The Hall–Kier alpha value is -0.0817. The molecule has 0 spiro atoms. The van der Waals surface area contributed by atoms with Crippen LogP contribution in [0.15, 0.2) is 0 Å². The maximum atomic E-state index is 11.6. The van der Waals surface area contributed by atoms with Gasteiger partial charge in [0.1, 0.15) is 12.2 Å². The molecule has 2 aliphatic rings. The maximum absolute atomic E-state index is 11.6. The number of rotatable bonds is 5. The summed E-state index contributed by atoms with van der Waals surface area (Å²) in [6, 6.07) is 0. The molecule has 8 nitrogen and oxygen atoms in total. The summed E-state index contributed by atoms with van der Waals surface area (Å²) in [6.07, 6.45) is -7.26. The van der Waals surface area contributed by atoms with Crippen molar-refractivity contribution in [1.29, 1.82) is 0 Å². The molecular weight excluding hydrogens is 528 g/mol. The van der Waals surface area contributed by atoms with Gasteiger partial charge in [-0.25, -0.2) is 0 Å². The zero-order chi connectivity index (χ0) is 19.8. The first kappa shape index (κ1) is 25.0. The summed E-state index contributed by atoms with van der Waals surface area (Å²) >= 11 is 0. The molecule has 2 N–H and O–H groups in total. The van der Waals surface area contributed by atoms with Crippen molar-refractivity contribution in [3.63, 3.8) is 0 Å². The number of carbonyl (C=O) groups excluding carboxylic acids is 1. The second kappa shape index (κ2) is 10.1. The zero-order valence-corrected chi connectivity index (χ0v) is 19.2. The quantitative estimate of drug-likeness (QED) is 0.433. The molecule has 27 heavy (non-hydrogen) atoms. The van der Waals surface area contributed by atoms with Crippen LogP contribution in [0.3, 0.4) is 0 Å². The normalized spacial score (nSPS) is 45.4. The molecule has 0 radical (unpaired) electrons. The molecule has 0 amide bonds. The van der Waals surface area contributed by atoms with E-state index in [2.05, 4.69) is 6.92 Å². The summed E-state index contributed by atoms with van der Waals surface area (Å²) in [5, 5.41) is 32.3. The van der Waals surface area contributed by atoms with Crippen molar-refractivity contribution in [2.24, 2.45) is 17.8 Å². The van der Waals surface area contributed by atoms with Gasteiger partial charge in [0.2, 0.25) is 0 Å². The summed E-state index contributed by atoms with van der Waals surface area (Å²) in [5.74, 6) is -2.43. The molecule has 0 aromatic carbocycles. The van der Waals surface area contributed by atoms with Gasteiger partial charge in [0.25, 0.3) is 0 Å². The molecule has 2 fully saturated rings. The number of aliphatic carboxylic acids is 1. The summed E-state index contributed by atoms with van der Waals surface area (Å²) in [6.45, 7) is 12.7. The summed E-state index contributed by atoms with van der Waals surface area (Å²) in [7, 11) is 0. The topological polar surface area (TPSA) is 118 Å². The van der Waals surface area contributed by atoms with E-state index in [1.54, 1.807) is 20.8 Å². The van der Waals surface area contributed by atoms with Crippen LogP contribution in [-0.2, 0) is 44.8 Å².